The van der Waals surface area contributed by atoms with Crippen molar-refractivity contribution in [2.45, 2.75) is 10.9 Å². The van der Waals surface area contributed by atoms with Crippen LogP contribution in [0, 0.1) is 0 Å². The lowest BCUT2D eigenvalue weighted by Gasteiger charge is -2.18. The van der Waals surface area contributed by atoms with Crippen molar-refractivity contribution in [2.24, 2.45) is 5.73 Å². The first-order chi connectivity index (χ1) is 10.2. The molecule has 1 aliphatic rings. The van der Waals surface area contributed by atoms with E-state index in [1.54, 1.807) is 25.3 Å². The smallest absolute Gasteiger partial charge is 0.248 e. The number of thioether (sulfide) groups is 1. The summed E-state index contributed by atoms with van der Waals surface area (Å²) in [4.78, 5) is 12.6. The molecule has 0 aromatic heterocycles. The van der Waals surface area contributed by atoms with E-state index in [9.17, 15) is 4.79 Å². The summed E-state index contributed by atoms with van der Waals surface area (Å²) in [7, 11) is 1.61. The van der Waals surface area contributed by atoms with Crippen LogP contribution in [0.3, 0.4) is 0 Å². The minimum absolute atomic E-state index is 0.197. The second-order valence-electron chi connectivity index (χ2n) is 4.83. The second-order valence-corrected chi connectivity index (χ2v) is 5.89. The lowest BCUT2D eigenvalue weighted by atomic mass is 10.1. The van der Waals surface area contributed by atoms with E-state index in [4.69, 9.17) is 10.5 Å². The number of ether oxygens (including phenoxy) is 1. The number of amides is 1. The van der Waals surface area contributed by atoms with Crippen LogP contribution in [-0.4, -0.2) is 18.8 Å². The molecule has 2 aromatic carbocycles. The number of carbonyl (C=O) groups excluding carboxylic acids is 1. The van der Waals surface area contributed by atoms with Gasteiger partial charge in [-0.1, -0.05) is 18.2 Å². The zero-order valence-electron chi connectivity index (χ0n) is 11.6. The maximum absolute atomic E-state index is 11.3. The molecule has 1 aliphatic heterocycles. The van der Waals surface area contributed by atoms with Gasteiger partial charge in [-0.15, -0.1) is 11.8 Å². The van der Waals surface area contributed by atoms with Crippen LogP contribution in [0.15, 0.2) is 47.4 Å². The zero-order chi connectivity index (χ0) is 14.8. The molecule has 0 bridgehead atoms. The number of primary amides is 1. The Kier molecular flexibility index (Phi) is 3.75. The van der Waals surface area contributed by atoms with Crippen LogP contribution in [0.4, 0.5) is 5.69 Å². The van der Waals surface area contributed by atoms with E-state index >= 15 is 0 Å². The van der Waals surface area contributed by atoms with Gasteiger partial charge in [0.2, 0.25) is 5.91 Å². The predicted octanol–water partition coefficient (Wildman–Crippen LogP) is 3.05. The molecule has 1 unspecified atom stereocenters. The fraction of sp³-hybridized carbons (Fsp3) is 0.188. The van der Waals surface area contributed by atoms with Crippen LogP contribution in [0.5, 0.6) is 5.75 Å². The molecule has 0 radical (unpaired) electrons. The SMILES string of the molecule is COc1ccc(C(N)=O)cc1NC1CSc2ccccc21. The summed E-state index contributed by atoms with van der Waals surface area (Å²) in [6, 6.07) is 13.7. The molecule has 2 aromatic rings. The van der Waals surface area contributed by atoms with Gasteiger partial charge < -0.3 is 15.8 Å². The summed E-state index contributed by atoms with van der Waals surface area (Å²) < 4.78 is 5.36. The van der Waals surface area contributed by atoms with Gasteiger partial charge in [0.15, 0.2) is 0 Å². The number of fused-ring (bicyclic) bond motifs is 1. The average Bonchev–Trinajstić information content (AvgIpc) is 2.90. The summed E-state index contributed by atoms with van der Waals surface area (Å²) in [6.07, 6.45) is 0. The third kappa shape index (κ3) is 2.69. The Balaban J connectivity index is 1.91. The quantitative estimate of drug-likeness (QED) is 0.911. The molecule has 1 heterocycles. The highest BCUT2D eigenvalue weighted by Gasteiger charge is 2.23. The Bertz CT molecular complexity index is 688. The summed E-state index contributed by atoms with van der Waals surface area (Å²) in [5.74, 6) is 1.21. The number of nitrogens with two attached hydrogens (primary N) is 1. The van der Waals surface area contributed by atoms with E-state index in [1.165, 1.54) is 10.5 Å². The number of hydrogen-bond acceptors (Lipinski definition) is 4. The molecule has 1 atom stereocenters. The lowest BCUT2D eigenvalue weighted by Crippen LogP contribution is -2.14. The summed E-state index contributed by atoms with van der Waals surface area (Å²) in [5.41, 5.74) is 7.88. The van der Waals surface area contributed by atoms with E-state index in [1.807, 2.05) is 23.9 Å². The fourth-order valence-electron chi connectivity index (χ4n) is 2.44. The van der Waals surface area contributed by atoms with Crippen molar-refractivity contribution in [1.29, 1.82) is 0 Å². The first kappa shape index (κ1) is 13.8. The molecular weight excluding hydrogens is 284 g/mol. The van der Waals surface area contributed by atoms with Crippen LogP contribution >= 0.6 is 11.8 Å². The highest BCUT2D eigenvalue weighted by atomic mass is 32.2. The number of rotatable bonds is 4. The molecule has 0 spiro atoms. The Morgan fingerprint density at radius 3 is 2.90 bits per heavy atom. The van der Waals surface area contributed by atoms with Crippen LogP contribution in [-0.2, 0) is 0 Å². The van der Waals surface area contributed by atoms with Gasteiger partial charge in [-0.2, -0.15) is 0 Å². The minimum atomic E-state index is -0.443. The van der Waals surface area contributed by atoms with Gasteiger partial charge in [0.1, 0.15) is 5.75 Å². The molecule has 0 aliphatic carbocycles. The maximum Gasteiger partial charge on any atom is 0.248 e. The highest BCUT2D eigenvalue weighted by molar-refractivity contribution is 7.99. The van der Waals surface area contributed by atoms with Crippen molar-refractivity contribution in [2.75, 3.05) is 18.2 Å². The fourth-order valence-corrected chi connectivity index (χ4v) is 3.60. The monoisotopic (exact) mass is 300 g/mol. The van der Waals surface area contributed by atoms with Crippen molar-refractivity contribution in [3.05, 3.63) is 53.6 Å². The predicted molar refractivity (Wildman–Crippen MR) is 85.0 cm³/mol. The van der Waals surface area contributed by atoms with E-state index in [-0.39, 0.29) is 6.04 Å². The molecule has 0 fully saturated rings. The number of anilines is 1. The van der Waals surface area contributed by atoms with Crippen LogP contribution < -0.4 is 15.8 Å². The summed E-state index contributed by atoms with van der Waals surface area (Å²) in [5, 5.41) is 3.46. The van der Waals surface area contributed by atoms with Crippen molar-refractivity contribution >= 4 is 23.4 Å². The number of carbonyl (C=O) groups is 1. The number of nitrogens with one attached hydrogen (secondary N) is 1. The Hall–Kier alpha value is -2.14. The molecule has 5 heteroatoms. The van der Waals surface area contributed by atoms with E-state index in [0.717, 1.165) is 11.4 Å². The molecule has 0 saturated heterocycles. The van der Waals surface area contributed by atoms with Crippen molar-refractivity contribution < 1.29 is 9.53 Å². The molecule has 21 heavy (non-hydrogen) atoms. The zero-order valence-corrected chi connectivity index (χ0v) is 12.4. The van der Waals surface area contributed by atoms with Gasteiger partial charge >= 0.3 is 0 Å². The van der Waals surface area contributed by atoms with E-state index < -0.39 is 5.91 Å². The van der Waals surface area contributed by atoms with Gasteiger partial charge in [-0.25, -0.2) is 0 Å². The Morgan fingerprint density at radius 2 is 2.14 bits per heavy atom. The lowest BCUT2D eigenvalue weighted by molar-refractivity contribution is 0.100. The van der Waals surface area contributed by atoms with Crippen LogP contribution in [0.1, 0.15) is 22.0 Å². The minimum Gasteiger partial charge on any atom is -0.495 e. The topological polar surface area (TPSA) is 64.3 Å². The van der Waals surface area contributed by atoms with E-state index in [2.05, 4.69) is 17.4 Å². The van der Waals surface area contributed by atoms with Crippen molar-refractivity contribution in [1.82, 2.24) is 0 Å². The largest absolute Gasteiger partial charge is 0.495 e. The summed E-state index contributed by atoms with van der Waals surface area (Å²) >= 11 is 1.82. The maximum atomic E-state index is 11.3. The molecule has 3 rings (SSSR count). The van der Waals surface area contributed by atoms with Gasteiger partial charge in [0.05, 0.1) is 18.8 Å². The van der Waals surface area contributed by atoms with Gasteiger partial charge in [0, 0.05) is 16.2 Å². The third-order valence-electron chi connectivity index (χ3n) is 3.51. The van der Waals surface area contributed by atoms with E-state index in [0.29, 0.717) is 11.3 Å². The first-order valence-electron chi connectivity index (χ1n) is 6.65. The van der Waals surface area contributed by atoms with Crippen LogP contribution in [0.2, 0.25) is 0 Å². The van der Waals surface area contributed by atoms with Crippen LogP contribution in [0.25, 0.3) is 0 Å². The molecule has 0 saturated carbocycles. The molecule has 4 nitrogen and oxygen atoms in total. The second kappa shape index (κ2) is 5.69. The number of benzene rings is 2. The Labute approximate surface area is 127 Å². The first-order valence-corrected chi connectivity index (χ1v) is 7.63. The number of hydrogen-bond donors (Lipinski definition) is 2. The van der Waals surface area contributed by atoms with Crippen molar-refractivity contribution in [3.63, 3.8) is 0 Å². The molecular formula is C16H16N2O2S. The van der Waals surface area contributed by atoms with Gasteiger partial charge in [-0.05, 0) is 29.8 Å². The average molecular weight is 300 g/mol. The standard InChI is InChI=1S/C16H16N2O2S/c1-20-14-7-6-10(16(17)19)8-12(14)18-13-9-21-15-5-3-2-4-11(13)15/h2-8,13,18H,9H2,1H3,(H2,17,19). The van der Waals surface area contributed by atoms with Gasteiger partial charge in [0.25, 0.3) is 0 Å². The third-order valence-corrected chi connectivity index (χ3v) is 4.70. The van der Waals surface area contributed by atoms with Crippen molar-refractivity contribution in [3.8, 4) is 5.75 Å². The number of methoxy groups -OCH3 is 1. The highest BCUT2D eigenvalue weighted by Crippen LogP contribution is 2.41. The normalized spacial score (nSPS) is 16.3. The molecule has 108 valence electrons. The Morgan fingerprint density at radius 1 is 1.33 bits per heavy atom. The molecule has 3 N–H and O–H groups in total. The molecule has 1 amide bonds. The summed E-state index contributed by atoms with van der Waals surface area (Å²) in [6.45, 7) is 0. The van der Waals surface area contributed by atoms with Gasteiger partial charge in [-0.3, -0.25) is 4.79 Å².